The summed E-state index contributed by atoms with van der Waals surface area (Å²) < 4.78 is 9.62. The number of hydrogen-bond acceptors (Lipinski definition) is 7. The Morgan fingerprint density at radius 3 is 2.60 bits per heavy atom. The molecule has 10 nitrogen and oxygen atoms in total. The predicted octanol–water partition coefficient (Wildman–Crippen LogP) is 3.57. The molecule has 0 saturated heterocycles. The smallest absolute Gasteiger partial charge is 0.254 e. The summed E-state index contributed by atoms with van der Waals surface area (Å²) in [7, 11) is 6.01. The lowest BCUT2D eigenvalue weighted by Gasteiger charge is -2.30. The minimum Gasteiger partial charge on any atom is -0.492 e. The lowest BCUT2D eigenvalue weighted by molar-refractivity contribution is 0.0724. The van der Waals surface area contributed by atoms with Crippen LogP contribution < -0.4 is 4.74 Å². The van der Waals surface area contributed by atoms with E-state index >= 15 is 0 Å². The number of imidazole rings is 1. The predicted molar refractivity (Wildman–Crippen MR) is 151 cm³/mol. The molecule has 0 atom stereocenters. The first-order chi connectivity index (χ1) is 19.3. The zero-order valence-electron chi connectivity index (χ0n) is 23.7. The number of carbonyl (C=O) groups excluding carboxylic acids is 1. The fraction of sp³-hybridized carbons (Fsp3) is 0.367. The van der Waals surface area contributed by atoms with Gasteiger partial charge in [-0.05, 0) is 63.7 Å². The highest BCUT2D eigenvalue weighted by Gasteiger charge is 2.29. The molecule has 206 valence electrons. The molecule has 0 unspecified atom stereocenters. The maximum Gasteiger partial charge on any atom is 0.254 e. The minimum atomic E-state index is -0.0356. The van der Waals surface area contributed by atoms with E-state index in [0.717, 1.165) is 40.4 Å². The lowest BCUT2D eigenvalue weighted by atomic mass is 9.89. The Balaban J connectivity index is 1.53. The van der Waals surface area contributed by atoms with E-state index in [4.69, 9.17) is 9.84 Å². The minimum absolute atomic E-state index is 0.0356. The number of nitrogens with zero attached hydrogens (tertiary/aromatic N) is 8. The maximum atomic E-state index is 14.0. The van der Waals surface area contributed by atoms with Gasteiger partial charge in [-0.1, -0.05) is 0 Å². The number of hydrogen-bond donors (Lipinski definition) is 0. The van der Waals surface area contributed by atoms with Crippen LogP contribution in [0.1, 0.15) is 51.2 Å². The second-order valence-corrected chi connectivity index (χ2v) is 10.3. The zero-order chi connectivity index (χ0) is 28.4. The molecule has 4 heterocycles. The molecule has 40 heavy (non-hydrogen) atoms. The third-order valence-corrected chi connectivity index (χ3v) is 7.12. The molecule has 1 aliphatic rings. The van der Waals surface area contributed by atoms with Crippen LogP contribution in [-0.2, 0) is 33.1 Å². The summed E-state index contributed by atoms with van der Waals surface area (Å²) in [6, 6.07) is 10.2. The maximum absolute atomic E-state index is 14.0. The van der Waals surface area contributed by atoms with E-state index in [-0.39, 0.29) is 5.91 Å². The normalized spacial score (nSPS) is 13.0. The van der Waals surface area contributed by atoms with Gasteiger partial charge < -0.3 is 19.1 Å². The Hall–Kier alpha value is -4.49. The molecule has 1 aliphatic heterocycles. The van der Waals surface area contributed by atoms with Crippen LogP contribution in [-0.4, -0.2) is 67.3 Å². The van der Waals surface area contributed by atoms with Crippen molar-refractivity contribution >= 4 is 5.91 Å². The third kappa shape index (κ3) is 5.46. The highest BCUT2D eigenvalue weighted by Crippen LogP contribution is 2.33. The Labute approximate surface area is 234 Å². The number of aromatic nitrogens is 5. The van der Waals surface area contributed by atoms with Crippen molar-refractivity contribution in [2.24, 2.45) is 7.05 Å². The molecule has 1 amide bonds. The van der Waals surface area contributed by atoms with Gasteiger partial charge in [0.05, 0.1) is 30.2 Å². The van der Waals surface area contributed by atoms with Gasteiger partial charge in [-0.25, -0.2) is 4.98 Å². The Morgan fingerprint density at radius 1 is 1.10 bits per heavy atom. The zero-order valence-corrected chi connectivity index (χ0v) is 23.7. The number of amides is 1. The van der Waals surface area contributed by atoms with Crippen molar-refractivity contribution in [1.82, 2.24) is 34.1 Å². The van der Waals surface area contributed by atoms with Crippen LogP contribution in [0.3, 0.4) is 0 Å². The second kappa shape index (κ2) is 11.3. The molecule has 10 heteroatoms. The summed E-state index contributed by atoms with van der Waals surface area (Å²) >= 11 is 0. The molecule has 0 bridgehead atoms. The van der Waals surface area contributed by atoms with Gasteiger partial charge in [0.25, 0.3) is 5.91 Å². The molecule has 0 aliphatic carbocycles. The first-order valence-corrected chi connectivity index (χ1v) is 13.4. The van der Waals surface area contributed by atoms with E-state index in [1.807, 2.05) is 56.8 Å². The standard InChI is InChI=1S/C30H34N8O2/c1-6-40-29-14-23(33-16-22(29)15-31)19-38-9-7-25-26(28-13-24(18-35(3)4)34-36(28)5)11-21(12-27(25)30(38)39)17-37-10-8-32-20(37)2/h8,10-14,16H,6-7,9,17-19H2,1-5H3. The summed E-state index contributed by atoms with van der Waals surface area (Å²) in [5.74, 6) is 1.37. The van der Waals surface area contributed by atoms with Crippen molar-refractivity contribution < 1.29 is 9.53 Å². The molecule has 1 aromatic carbocycles. The molecule has 0 fully saturated rings. The fourth-order valence-corrected chi connectivity index (χ4v) is 5.25. The Bertz CT molecular complexity index is 1590. The second-order valence-electron chi connectivity index (χ2n) is 10.3. The number of pyridine rings is 1. The number of carbonyl (C=O) groups is 1. The summed E-state index contributed by atoms with van der Waals surface area (Å²) in [6.45, 7) is 6.53. The van der Waals surface area contributed by atoms with Gasteiger partial charge in [0, 0.05) is 62.5 Å². The van der Waals surface area contributed by atoms with Crippen molar-refractivity contribution in [3.8, 4) is 23.1 Å². The number of benzene rings is 1. The highest BCUT2D eigenvalue weighted by molar-refractivity contribution is 5.99. The first-order valence-electron chi connectivity index (χ1n) is 13.4. The topological polar surface area (TPSA) is 105 Å². The van der Waals surface area contributed by atoms with Crippen molar-refractivity contribution in [2.75, 3.05) is 27.2 Å². The summed E-state index contributed by atoms with van der Waals surface area (Å²) in [5, 5.41) is 14.1. The fourth-order valence-electron chi connectivity index (χ4n) is 5.25. The summed E-state index contributed by atoms with van der Waals surface area (Å²) in [5.41, 5.74) is 6.84. The van der Waals surface area contributed by atoms with E-state index < -0.39 is 0 Å². The monoisotopic (exact) mass is 538 g/mol. The highest BCUT2D eigenvalue weighted by atomic mass is 16.5. The SMILES string of the molecule is CCOc1cc(CN2CCc3c(cc(Cn4ccnc4C)cc3-c3cc(CN(C)C)nn3C)C2=O)ncc1C#N. The molecule has 4 aromatic rings. The van der Waals surface area contributed by atoms with Gasteiger partial charge in [0.15, 0.2) is 0 Å². The van der Waals surface area contributed by atoms with Gasteiger partial charge in [-0.15, -0.1) is 0 Å². The van der Waals surface area contributed by atoms with Crippen LogP contribution in [0, 0.1) is 18.3 Å². The molecule has 0 saturated carbocycles. The lowest BCUT2D eigenvalue weighted by Crippen LogP contribution is -2.37. The van der Waals surface area contributed by atoms with E-state index in [1.54, 1.807) is 12.3 Å². The van der Waals surface area contributed by atoms with E-state index in [1.165, 1.54) is 6.20 Å². The molecule has 3 aromatic heterocycles. The van der Waals surface area contributed by atoms with Crippen LogP contribution in [0.2, 0.25) is 0 Å². The average molecular weight is 539 g/mol. The molecule has 0 N–H and O–H groups in total. The number of fused-ring (bicyclic) bond motifs is 1. The van der Waals surface area contributed by atoms with Crippen LogP contribution >= 0.6 is 0 Å². The average Bonchev–Trinajstić information content (AvgIpc) is 3.49. The van der Waals surface area contributed by atoms with E-state index in [0.29, 0.717) is 55.2 Å². The van der Waals surface area contributed by atoms with Crippen LogP contribution in [0.5, 0.6) is 5.75 Å². The quantitative estimate of drug-likeness (QED) is 0.321. The molecular formula is C30H34N8O2. The van der Waals surface area contributed by atoms with E-state index in [2.05, 4.69) is 37.6 Å². The van der Waals surface area contributed by atoms with Gasteiger partial charge in [0.2, 0.25) is 0 Å². The van der Waals surface area contributed by atoms with Crippen molar-refractivity contribution in [3.63, 3.8) is 0 Å². The summed E-state index contributed by atoms with van der Waals surface area (Å²) in [4.78, 5) is 26.7. The van der Waals surface area contributed by atoms with Gasteiger partial charge in [-0.3, -0.25) is 14.5 Å². The van der Waals surface area contributed by atoms with Crippen molar-refractivity contribution in [1.29, 1.82) is 5.26 Å². The number of aryl methyl sites for hydroxylation is 2. The molecule has 0 spiro atoms. The van der Waals surface area contributed by atoms with Gasteiger partial charge in [0.1, 0.15) is 23.2 Å². The number of ether oxygens (including phenoxy) is 1. The van der Waals surface area contributed by atoms with Crippen LogP contribution in [0.25, 0.3) is 11.3 Å². The largest absolute Gasteiger partial charge is 0.492 e. The Morgan fingerprint density at radius 2 is 1.90 bits per heavy atom. The molecular weight excluding hydrogens is 504 g/mol. The number of rotatable bonds is 9. The first kappa shape index (κ1) is 27.1. The Kier molecular flexibility index (Phi) is 7.67. The van der Waals surface area contributed by atoms with Crippen LogP contribution in [0.4, 0.5) is 0 Å². The van der Waals surface area contributed by atoms with Crippen LogP contribution in [0.15, 0.2) is 42.9 Å². The van der Waals surface area contributed by atoms with E-state index in [9.17, 15) is 10.1 Å². The van der Waals surface area contributed by atoms with Crippen molar-refractivity contribution in [2.45, 2.75) is 39.9 Å². The number of nitriles is 1. The van der Waals surface area contributed by atoms with Crippen molar-refractivity contribution in [3.05, 3.63) is 82.3 Å². The third-order valence-electron chi connectivity index (χ3n) is 7.12. The summed E-state index contributed by atoms with van der Waals surface area (Å²) in [6.07, 6.45) is 5.97. The van der Waals surface area contributed by atoms with Gasteiger partial charge in [-0.2, -0.15) is 10.4 Å². The van der Waals surface area contributed by atoms with Gasteiger partial charge >= 0.3 is 0 Å². The molecule has 5 rings (SSSR count). The molecule has 0 radical (unpaired) electrons.